The Morgan fingerprint density at radius 3 is 2.73 bits per heavy atom. The predicted molar refractivity (Wildman–Crippen MR) is 39.3 cm³/mol. The molecule has 0 aromatic rings. The van der Waals surface area contributed by atoms with E-state index in [4.69, 9.17) is 4.74 Å². The lowest BCUT2D eigenvalue weighted by Gasteiger charge is -2.37. The summed E-state index contributed by atoms with van der Waals surface area (Å²) in [5, 5.41) is 2.63. The van der Waals surface area contributed by atoms with Crippen LogP contribution in [0, 0.1) is 5.41 Å². The summed E-state index contributed by atoms with van der Waals surface area (Å²) in [5.74, 6) is 0. The second-order valence-electron chi connectivity index (χ2n) is 3.15. The smallest absolute Gasteiger partial charge is 0.406 e. The fraction of sp³-hybridized carbons (Fsp3) is 0.857. The van der Waals surface area contributed by atoms with E-state index in [0.29, 0.717) is 6.54 Å². The monoisotopic (exact) mass is 159 g/mol. The van der Waals surface area contributed by atoms with Crippen molar-refractivity contribution < 1.29 is 14.3 Å². The van der Waals surface area contributed by atoms with Crippen LogP contribution in [-0.2, 0) is 9.47 Å². The first-order valence-corrected chi connectivity index (χ1v) is 3.56. The van der Waals surface area contributed by atoms with Crippen LogP contribution in [0.15, 0.2) is 0 Å². The number of methoxy groups -OCH3 is 1. The molecule has 1 N–H and O–H groups in total. The standard InChI is InChI=1S/C7H13NO3/c1-7(4-11-5-7)3-8-6(9)10-2/h3-5H2,1-2H3,(H,8,9). The largest absolute Gasteiger partial charge is 0.453 e. The quantitative estimate of drug-likeness (QED) is 0.633. The maximum atomic E-state index is 10.6. The first-order chi connectivity index (χ1) is 5.16. The number of alkyl carbamates (subject to hydrolysis) is 1. The van der Waals surface area contributed by atoms with Gasteiger partial charge >= 0.3 is 6.09 Å². The summed E-state index contributed by atoms with van der Waals surface area (Å²) in [4.78, 5) is 10.6. The van der Waals surface area contributed by atoms with E-state index < -0.39 is 0 Å². The zero-order valence-corrected chi connectivity index (χ0v) is 6.85. The van der Waals surface area contributed by atoms with Gasteiger partial charge in [-0.3, -0.25) is 0 Å². The summed E-state index contributed by atoms with van der Waals surface area (Å²) in [7, 11) is 1.36. The lowest BCUT2D eigenvalue weighted by atomic mass is 9.89. The van der Waals surface area contributed by atoms with Crippen LogP contribution in [0.2, 0.25) is 0 Å². The van der Waals surface area contributed by atoms with Crippen LogP contribution in [-0.4, -0.2) is 33.0 Å². The van der Waals surface area contributed by atoms with Crippen molar-refractivity contribution in [3.63, 3.8) is 0 Å². The zero-order valence-electron chi connectivity index (χ0n) is 6.85. The van der Waals surface area contributed by atoms with Gasteiger partial charge in [0.2, 0.25) is 0 Å². The van der Waals surface area contributed by atoms with Gasteiger partial charge in [-0.15, -0.1) is 0 Å². The van der Waals surface area contributed by atoms with Gasteiger partial charge in [-0.05, 0) is 0 Å². The molecule has 1 saturated heterocycles. The molecule has 4 nitrogen and oxygen atoms in total. The molecule has 0 unspecified atom stereocenters. The van der Waals surface area contributed by atoms with Crippen molar-refractivity contribution in [3.05, 3.63) is 0 Å². The Balaban J connectivity index is 2.16. The van der Waals surface area contributed by atoms with E-state index >= 15 is 0 Å². The normalized spacial score (nSPS) is 20.2. The van der Waals surface area contributed by atoms with Crippen LogP contribution in [0.1, 0.15) is 6.92 Å². The highest BCUT2D eigenvalue weighted by molar-refractivity contribution is 5.66. The van der Waals surface area contributed by atoms with Gasteiger partial charge in [0.05, 0.1) is 20.3 Å². The molecule has 0 saturated carbocycles. The topological polar surface area (TPSA) is 47.6 Å². The van der Waals surface area contributed by atoms with Gasteiger partial charge < -0.3 is 14.8 Å². The molecule has 1 heterocycles. The Morgan fingerprint density at radius 1 is 1.73 bits per heavy atom. The van der Waals surface area contributed by atoms with Crippen LogP contribution >= 0.6 is 0 Å². The van der Waals surface area contributed by atoms with Gasteiger partial charge in [0.1, 0.15) is 0 Å². The summed E-state index contributed by atoms with van der Waals surface area (Å²) in [5.41, 5.74) is 0.119. The van der Waals surface area contributed by atoms with E-state index in [1.165, 1.54) is 7.11 Å². The fourth-order valence-corrected chi connectivity index (χ4v) is 0.910. The van der Waals surface area contributed by atoms with Crippen molar-refractivity contribution in [1.82, 2.24) is 5.32 Å². The lowest BCUT2D eigenvalue weighted by molar-refractivity contribution is -0.0981. The van der Waals surface area contributed by atoms with E-state index in [9.17, 15) is 4.79 Å². The SMILES string of the molecule is COC(=O)NCC1(C)COC1. The highest BCUT2D eigenvalue weighted by Gasteiger charge is 2.33. The maximum absolute atomic E-state index is 10.6. The number of hydrogen-bond acceptors (Lipinski definition) is 3. The molecule has 1 aliphatic heterocycles. The molecular formula is C7H13NO3. The third-order valence-corrected chi connectivity index (χ3v) is 1.75. The van der Waals surface area contributed by atoms with E-state index in [0.717, 1.165) is 13.2 Å². The number of nitrogens with one attached hydrogen (secondary N) is 1. The van der Waals surface area contributed by atoms with Gasteiger partial charge in [0.25, 0.3) is 0 Å². The minimum atomic E-state index is -0.377. The summed E-state index contributed by atoms with van der Waals surface area (Å²) in [6.45, 7) is 4.13. The number of hydrogen-bond donors (Lipinski definition) is 1. The Bertz CT molecular complexity index is 154. The molecular weight excluding hydrogens is 146 g/mol. The Morgan fingerprint density at radius 2 is 2.36 bits per heavy atom. The number of carbonyl (C=O) groups excluding carboxylic acids is 1. The maximum Gasteiger partial charge on any atom is 0.406 e. The Hall–Kier alpha value is -0.770. The number of carbonyl (C=O) groups is 1. The predicted octanol–water partition coefficient (Wildman–Crippen LogP) is 0.379. The highest BCUT2D eigenvalue weighted by Crippen LogP contribution is 2.24. The minimum absolute atomic E-state index is 0.119. The molecule has 1 fully saturated rings. The number of ether oxygens (including phenoxy) is 2. The third kappa shape index (κ3) is 2.08. The Labute approximate surface area is 65.9 Å². The van der Waals surface area contributed by atoms with Crippen molar-refractivity contribution in [2.75, 3.05) is 26.9 Å². The summed E-state index contributed by atoms with van der Waals surface area (Å²) < 4.78 is 9.44. The molecule has 0 spiro atoms. The highest BCUT2D eigenvalue weighted by atomic mass is 16.5. The molecule has 64 valence electrons. The molecule has 1 aliphatic rings. The van der Waals surface area contributed by atoms with Gasteiger partial charge in [-0.2, -0.15) is 0 Å². The molecule has 4 heteroatoms. The third-order valence-electron chi connectivity index (χ3n) is 1.75. The Kier molecular flexibility index (Phi) is 2.34. The van der Waals surface area contributed by atoms with Gasteiger partial charge in [-0.25, -0.2) is 4.79 Å². The molecule has 11 heavy (non-hydrogen) atoms. The van der Waals surface area contributed by atoms with E-state index in [1.807, 2.05) is 0 Å². The van der Waals surface area contributed by atoms with Crippen molar-refractivity contribution in [3.8, 4) is 0 Å². The van der Waals surface area contributed by atoms with E-state index in [2.05, 4.69) is 17.0 Å². The van der Waals surface area contributed by atoms with Crippen LogP contribution in [0.3, 0.4) is 0 Å². The molecule has 0 aromatic heterocycles. The molecule has 0 aromatic carbocycles. The molecule has 0 radical (unpaired) electrons. The van der Waals surface area contributed by atoms with Crippen LogP contribution in [0.4, 0.5) is 4.79 Å². The zero-order chi connectivity index (χ0) is 8.32. The van der Waals surface area contributed by atoms with Crippen molar-refractivity contribution in [2.24, 2.45) is 5.41 Å². The number of rotatable bonds is 2. The summed E-state index contributed by atoms with van der Waals surface area (Å²) in [6.07, 6.45) is -0.377. The molecule has 0 atom stereocenters. The van der Waals surface area contributed by atoms with Gasteiger partial charge in [0, 0.05) is 12.0 Å². The first-order valence-electron chi connectivity index (χ1n) is 3.56. The molecule has 0 bridgehead atoms. The number of amides is 1. The average molecular weight is 159 g/mol. The summed E-state index contributed by atoms with van der Waals surface area (Å²) in [6, 6.07) is 0. The van der Waals surface area contributed by atoms with Gasteiger partial charge in [0.15, 0.2) is 0 Å². The average Bonchev–Trinajstić information content (AvgIpc) is 1.96. The second-order valence-corrected chi connectivity index (χ2v) is 3.15. The van der Waals surface area contributed by atoms with Crippen molar-refractivity contribution in [1.29, 1.82) is 0 Å². The molecule has 1 rings (SSSR count). The van der Waals surface area contributed by atoms with Crippen molar-refractivity contribution in [2.45, 2.75) is 6.92 Å². The van der Waals surface area contributed by atoms with Crippen LogP contribution in [0.5, 0.6) is 0 Å². The summed E-state index contributed by atoms with van der Waals surface area (Å²) >= 11 is 0. The molecule has 0 aliphatic carbocycles. The van der Waals surface area contributed by atoms with Crippen LogP contribution < -0.4 is 5.32 Å². The van der Waals surface area contributed by atoms with Crippen LogP contribution in [0.25, 0.3) is 0 Å². The van der Waals surface area contributed by atoms with Crippen molar-refractivity contribution >= 4 is 6.09 Å². The first kappa shape index (κ1) is 8.33. The lowest BCUT2D eigenvalue weighted by Crippen LogP contribution is -2.48. The molecule has 1 amide bonds. The fourth-order valence-electron chi connectivity index (χ4n) is 0.910. The second kappa shape index (κ2) is 3.09. The van der Waals surface area contributed by atoms with Gasteiger partial charge in [-0.1, -0.05) is 6.92 Å². The van der Waals surface area contributed by atoms with E-state index in [-0.39, 0.29) is 11.5 Å². The van der Waals surface area contributed by atoms with E-state index in [1.54, 1.807) is 0 Å². The minimum Gasteiger partial charge on any atom is -0.453 e.